The van der Waals surface area contributed by atoms with Gasteiger partial charge in [-0.2, -0.15) is 13.2 Å². The maximum absolute atomic E-state index is 13.8. The number of aromatic amines is 1. The van der Waals surface area contributed by atoms with Crippen LogP contribution in [0.4, 0.5) is 26.7 Å². The molecule has 15 heteroatoms. The van der Waals surface area contributed by atoms with Crippen molar-refractivity contribution in [2.24, 2.45) is 0 Å². The van der Waals surface area contributed by atoms with Crippen LogP contribution in [-0.4, -0.2) is 79.4 Å². The minimum Gasteiger partial charge on any atom is -0.465 e. The molecule has 200 valence electrons. The lowest BCUT2D eigenvalue weighted by Crippen LogP contribution is -2.53. The first-order chi connectivity index (χ1) is 17.3. The molecule has 1 fully saturated rings. The zero-order chi connectivity index (χ0) is 27.0. The molecular weight excluding hydrogens is 507 g/mol. The van der Waals surface area contributed by atoms with Crippen LogP contribution in [0.3, 0.4) is 0 Å². The van der Waals surface area contributed by atoms with E-state index in [9.17, 15) is 36.3 Å². The van der Waals surface area contributed by atoms with E-state index in [-0.39, 0.29) is 42.3 Å². The van der Waals surface area contributed by atoms with Crippen LogP contribution in [0.1, 0.15) is 36.2 Å². The number of halogens is 5. The highest BCUT2D eigenvalue weighted by molar-refractivity contribution is 5.79. The number of hydrogen-bond acceptors (Lipinski definition) is 5. The molecule has 0 bridgehead atoms. The van der Waals surface area contributed by atoms with Crippen molar-refractivity contribution in [2.75, 3.05) is 19.6 Å². The highest BCUT2D eigenvalue weighted by atomic mass is 19.4. The zero-order valence-corrected chi connectivity index (χ0v) is 19.3. The first kappa shape index (κ1) is 26.3. The summed E-state index contributed by atoms with van der Waals surface area (Å²) in [7, 11) is 0. The smallest absolute Gasteiger partial charge is 0.433 e. The maximum Gasteiger partial charge on any atom is 0.433 e. The second-order valence-electron chi connectivity index (χ2n) is 8.95. The molecule has 0 saturated carbocycles. The predicted octanol–water partition coefficient (Wildman–Crippen LogP) is 2.66. The van der Waals surface area contributed by atoms with E-state index in [4.69, 9.17) is 5.11 Å². The van der Waals surface area contributed by atoms with Gasteiger partial charge in [0.15, 0.2) is 11.5 Å². The first-order valence-electron chi connectivity index (χ1n) is 11.4. The summed E-state index contributed by atoms with van der Waals surface area (Å²) in [6, 6.07) is 1.87. The molecule has 4 rings (SSSR count). The van der Waals surface area contributed by atoms with Gasteiger partial charge in [-0.15, -0.1) is 0 Å². The van der Waals surface area contributed by atoms with Crippen LogP contribution in [0.25, 0.3) is 11.5 Å². The predicted molar refractivity (Wildman–Crippen MR) is 116 cm³/mol. The Morgan fingerprint density at radius 3 is 2.65 bits per heavy atom. The van der Waals surface area contributed by atoms with Crippen molar-refractivity contribution in [3.63, 3.8) is 0 Å². The summed E-state index contributed by atoms with van der Waals surface area (Å²) in [5.41, 5.74) is -0.969. The van der Waals surface area contributed by atoms with Gasteiger partial charge < -0.3 is 25.2 Å². The van der Waals surface area contributed by atoms with Crippen molar-refractivity contribution in [3.05, 3.63) is 35.3 Å². The molecule has 1 saturated heterocycles. The van der Waals surface area contributed by atoms with Gasteiger partial charge in [-0.05, 0) is 18.6 Å². The summed E-state index contributed by atoms with van der Waals surface area (Å²) in [6.45, 7) is -1.74. The number of likely N-dealkylation sites (tertiary alicyclic amines) is 1. The first-order valence-corrected chi connectivity index (χ1v) is 11.4. The highest BCUT2D eigenvalue weighted by Crippen LogP contribution is 2.35. The fourth-order valence-corrected chi connectivity index (χ4v) is 4.47. The van der Waals surface area contributed by atoms with Gasteiger partial charge in [0.25, 0.3) is 5.92 Å². The molecule has 10 nitrogen and oxygen atoms in total. The van der Waals surface area contributed by atoms with Crippen LogP contribution in [0, 0.1) is 0 Å². The van der Waals surface area contributed by atoms with Gasteiger partial charge in [-0.1, -0.05) is 0 Å². The normalized spacial score (nSPS) is 18.4. The van der Waals surface area contributed by atoms with Crippen molar-refractivity contribution < 1.29 is 41.4 Å². The number of rotatable bonds is 6. The number of aromatic nitrogens is 3. The highest BCUT2D eigenvalue weighted by Gasteiger charge is 2.41. The molecule has 2 aliphatic heterocycles. The Bertz CT molecular complexity index is 1190. The van der Waals surface area contributed by atoms with E-state index in [0.29, 0.717) is 0 Å². The number of nitrogens with one attached hydrogen (secondary N) is 2. The summed E-state index contributed by atoms with van der Waals surface area (Å²) in [6.07, 6.45) is -6.46. The number of carboxylic acid groups (broad SMARTS) is 1. The SMILES string of the molecule is O=C(O)N[C@@H](CC(=O)N1CCc2c(nc(-c3ccc[nH]3)nc2C(F)(F)F)C1)CN1CC(F)(F)CCC1=O. The van der Waals surface area contributed by atoms with Crippen LogP contribution < -0.4 is 5.32 Å². The third-order valence-corrected chi connectivity index (χ3v) is 6.19. The van der Waals surface area contributed by atoms with Gasteiger partial charge >= 0.3 is 12.3 Å². The number of piperidine rings is 1. The molecule has 0 aromatic carbocycles. The van der Waals surface area contributed by atoms with E-state index in [0.717, 1.165) is 4.90 Å². The fraction of sp³-hybridized carbons (Fsp3) is 0.500. The van der Waals surface area contributed by atoms with Crippen molar-refractivity contribution >= 4 is 17.9 Å². The van der Waals surface area contributed by atoms with Crippen molar-refractivity contribution in [3.8, 4) is 11.5 Å². The van der Waals surface area contributed by atoms with E-state index in [1.807, 2.05) is 0 Å². The number of nitrogens with zero attached hydrogens (tertiary/aromatic N) is 4. The quantitative estimate of drug-likeness (QED) is 0.493. The van der Waals surface area contributed by atoms with Crippen molar-refractivity contribution in [1.29, 1.82) is 0 Å². The number of H-pyrrole nitrogens is 1. The fourth-order valence-electron chi connectivity index (χ4n) is 4.47. The van der Waals surface area contributed by atoms with Gasteiger partial charge in [-0.3, -0.25) is 9.59 Å². The number of carbonyl (C=O) groups is 3. The van der Waals surface area contributed by atoms with E-state index >= 15 is 0 Å². The number of fused-ring (bicyclic) bond motifs is 1. The Balaban J connectivity index is 1.53. The van der Waals surface area contributed by atoms with Crippen LogP contribution in [0.15, 0.2) is 18.3 Å². The second-order valence-corrected chi connectivity index (χ2v) is 8.95. The standard InChI is InChI=1S/C22H23F5N6O4/c23-21(24)5-3-16(34)33(11-21)9-12(29-20(36)37)8-17(35)32-7-4-13-15(10-32)30-19(14-2-1-6-28-14)31-18(13)22(25,26)27/h1-2,6,12,28-29H,3-5,7-11H2,(H,36,37)/t12-/m0/s1. The average Bonchev–Trinajstić information content (AvgIpc) is 3.34. The lowest BCUT2D eigenvalue weighted by molar-refractivity contribution is -0.148. The summed E-state index contributed by atoms with van der Waals surface area (Å²) >= 11 is 0. The topological polar surface area (TPSA) is 132 Å². The second kappa shape index (κ2) is 9.94. The number of alkyl halides is 5. The molecule has 0 spiro atoms. The molecule has 0 aliphatic carbocycles. The molecule has 4 heterocycles. The summed E-state index contributed by atoms with van der Waals surface area (Å²) < 4.78 is 68.7. The Morgan fingerprint density at radius 2 is 2.00 bits per heavy atom. The van der Waals surface area contributed by atoms with Crippen molar-refractivity contribution in [1.82, 2.24) is 30.1 Å². The zero-order valence-electron chi connectivity index (χ0n) is 19.3. The molecule has 37 heavy (non-hydrogen) atoms. The molecule has 3 amide bonds. The number of amides is 3. The van der Waals surface area contributed by atoms with Gasteiger partial charge in [0, 0.05) is 44.1 Å². The van der Waals surface area contributed by atoms with Gasteiger partial charge in [0.2, 0.25) is 11.8 Å². The van der Waals surface area contributed by atoms with E-state index < -0.39 is 74.1 Å². The number of carbonyl (C=O) groups excluding carboxylic acids is 2. The minimum absolute atomic E-state index is 0.000110. The Kier molecular flexibility index (Phi) is 7.06. The van der Waals surface area contributed by atoms with E-state index in [1.54, 1.807) is 6.07 Å². The van der Waals surface area contributed by atoms with Gasteiger partial charge in [0.05, 0.1) is 30.5 Å². The lowest BCUT2D eigenvalue weighted by Gasteiger charge is -2.35. The van der Waals surface area contributed by atoms with E-state index in [2.05, 4.69) is 20.3 Å². The average molecular weight is 530 g/mol. The number of hydrogen-bond donors (Lipinski definition) is 3. The molecule has 0 radical (unpaired) electrons. The van der Waals surface area contributed by atoms with Crippen LogP contribution in [-0.2, 0) is 28.7 Å². The molecule has 2 aliphatic rings. The largest absolute Gasteiger partial charge is 0.465 e. The van der Waals surface area contributed by atoms with E-state index in [1.165, 1.54) is 17.2 Å². The summed E-state index contributed by atoms with van der Waals surface area (Å²) in [4.78, 5) is 49.0. The van der Waals surface area contributed by atoms with Crippen LogP contribution in [0.5, 0.6) is 0 Å². The monoisotopic (exact) mass is 530 g/mol. The third kappa shape index (κ3) is 6.14. The third-order valence-electron chi connectivity index (χ3n) is 6.19. The van der Waals surface area contributed by atoms with Crippen molar-refractivity contribution in [2.45, 2.75) is 50.4 Å². The van der Waals surface area contributed by atoms with Crippen LogP contribution >= 0.6 is 0 Å². The van der Waals surface area contributed by atoms with Gasteiger partial charge in [-0.25, -0.2) is 23.5 Å². The molecule has 2 aromatic heterocycles. The summed E-state index contributed by atoms with van der Waals surface area (Å²) in [5.74, 6) is -4.54. The van der Waals surface area contributed by atoms with Gasteiger partial charge in [0.1, 0.15) is 0 Å². The van der Waals surface area contributed by atoms with Crippen LogP contribution in [0.2, 0.25) is 0 Å². The molecule has 3 N–H and O–H groups in total. The Morgan fingerprint density at radius 1 is 1.24 bits per heavy atom. The molecule has 2 aromatic rings. The molecule has 0 unspecified atom stereocenters. The molecule has 1 atom stereocenters. The Labute approximate surface area is 206 Å². The lowest BCUT2D eigenvalue weighted by atomic mass is 10.0. The molecular formula is C22H23F5N6O4. The Hall–Kier alpha value is -3.78. The minimum atomic E-state index is -4.75. The maximum atomic E-state index is 13.8. The summed E-state index contributed by atoms with van der Waals surface area (Å²) in [5, 5.41) is 11.2.